The number of benzene rings is 1. The minimum atomic E-state index is -0.666. The highest BCUT2D eigenvalue weighted by atomic mass is 16.7. The molecule has 3 heterocycles. The number of hydroxylamine groups is 2. The number of aromatic nitrogens is 2. The molecule has 1 saturated heterocycles. The van der Waals surface area contributed by atoms with Crippen molar-refractivity contribution in [2.24, 2.45) is 13.0 Å². The lowest BCUT2D eigenvalue weighted by atomic mass is 9.98. The number of amides is 2. The van der Waals surface area contributed by atoms with Gasteiger partial charge in [0.1, 0.15) is 0 Å². The van der Waals surface area contributed by atoms with E-state index < -0.39 is 29.8 Å². The molecule has 1 aromatic carbocycles. The summed E-state index contributed by atoms with van der Waals surface area (Å²) in [6.45, 7) is 0.390. The van der Waals surface area contributed by atoms with Crippen LogP contribution >= 0.6 is 0 Å². The third kappa shape index (κ3) is 2.51. The minimum absolute atomic E-state index is 0.229. The van der Waals surface area contributed by atoms with Crippen molar-refractivity contribution in [3.05, 3.63) is 53.3 Å². The van der Waals surface area contributed by atoms with Gasteiger partial charge in [0.05, 0.1) is 29.3 Å². The van der Waals surface area contributed by atoms with Crippen molar-refractivity contribution < 1.29 is 24.0 Å². The van der Waals surface area contributed by atoms with Crippen LogP contribution in [-0.2, 0) is 21.4 Å². The Hall–Kier alpha value is -3.00. The molecule has 0 unspecified atom stereocenters. The third-order valence-corrected chi connectivity index (χ3v) is 4.39. The van der Waals surface area contributed by atoms with E-state index in [1.165, 1.54) is 12.1 Å². The maximum Gasteiger partial charge on any atom is 0.339 e. The van der Waals surface area contributed by atoms with Crippen LogP contribution in [0.25, 0.3) is 0 Å². The highest BCUT2D eigenvalue weighted by Gasteiger charge is 2.43. The van der Waals surface area contributed by atoms with E-state index in [1.54, 1.807) is 36.3 Å². The van der Waals surface area contributed by atoms with Crippen molar-refractivity contribution in [2.75, 3.05) is 6.61 Å². The number of aryl methyl sites for hydroxylation is 1. The SMILES string of the molecule is Cn1cc([C@@H]2OCC[C@H]2C(=O)ON2C(=O)c3ccccc3C2=O)cn1. The molecule has 2 amide bonds. The van der Waals surface area contributed by atoms with Crippen molar-refractivity contribution in [1.82, 2.24) is 14.8 Å². The predicted molar refractivity (Wildman–Crippen MR) is 83.0 cm³/mol. The van der Waals surface area contributed by atoms with Gasteiger partial charge in [0.2, 0.25) is 0 Å². The summed E-state index contributed by atoms with van der Waals surface area (Å²) >= 11 is 0. The van der Waals surface area contributed by atoms with Gasteiger partial charge in [0, 0.05) is 25.4 Å². The van der Waals surface area contributed by atoms with Gasteiger partial charge in [-0.25, -0.2) is 4.79 Å². The van der Waals surface area contributed by atoms with E-state index in [-0.39, 0.29) is 11.1 Å². The van der Waals surface area contributed by atoms with Gasteiger partial charge in [-0.15, -0.1) is 0 Å². The molecule has 2 aromatic rings. The second kappa shape index (κ2) is 5.82. The number of imide groups is 1. The number of nitrogens with zero attached hydrogens (tertiary/aromatic N) is 3. The first kappa shape index (κ1) is 15.5. The van der Waals surface area contributed by atoms with Crippen LogP contribution in [0.4, 0.5) is 0 Å². The van der Waals surface area contributed by atoms with Crippen LogP contribution in [0.5, 0.6) is 0 Å². The number of carbonyl (C=O) groups excluding carboxylic acids is 3. The minimum Gasteiger partial charge on any atom is -0.372 e. The van der Waals surface area contributed by atoms with Crippen LogP contribution in [-0.4, -0.2) is 39.2 Å². The zero-order valence-corrected chi connectivity index (χ0v) is 13.4. The molecule has 25 heavy (non-hydrogen) atoms. The van der Waals surface area contributed by atoms with Crippen molar-refractivity contribution in [3.63, 3.8) is 0 Å². The van der Waals surface area contributed by atoms with Crippen LogP contribution in [0.1, 0.15) is 38.8 Å². The van der Waals surface area contributed by atoms with Gasteiger partial charge >= 0.3 is 5.97 Å². The molecule has 0 bridgehead atoms. The molecule has 2 aliphatic heterocycles. The first-order valence-electron chi connectivity index (χ1n) is 7.86. The normalized spacial score (nSPS) is 22.4. The van der Waals surface area contributed by atoms with Gasteiger partial charge in [-0.1, -0.05) is 17.2 Å². The van der Waals surface area contributed by atoms with Crippen LogP contribution < -0.4 is 0 Å². The molecule has 2 atom stereocenters. The molecule has 0 saturated carbocycles. The molecule has 4 rings (SSSR count). The van der Waals surface area contributed by atoms with Crippen molar-refractivity contribution in [2.45, 2.75) is 12.5 Å². The van der Waals surface area contributed by atoms with E-state index in [0.717, 1.165) is 5.56 Å². The zero-order chi connectivity index (χ0) is 17.6. The summed E-state index contributed by atoms with van der Waals surface area (Å²) in [5.74, 6) is -2.54. The van der Waals surface area contributed by atoms with E-state index in [1.807, 2.05) is 0 Å². The summed E-state index contributed by atoms with van der Waals surface area (Å²) in [7, 11) is 1.77. The van der Waals surface area contributed by atoms with Gasteiger partial charge in [-0.05, 0) is 18.6 Å². The van der Waals surface area contributed by atoms with Crippen LogP contribution in [0, 0.1) is 5.92 Å². The lowest BCUT2D eigenvalue weighted by Crippen LogP contribution is -2.35. The summed E-state index contributed by atoms with van der Waals surface area (Å²) < 4.78 is 7.24. The molecule has 1 fully saturated rings. The topological polar surface area (TPSA) is 90.7 Å². The van der Waals surface area contributed by atoms with Gasteiger partial charge in [0.15, 0.2) is 0 Å². The summed E-state index contributed by atoms with van der Waals surface area (Å²) in [6.07, 6.45) is 3.33. The van der Waals surface area contributed by atoms with Crippen LogP contribution in [0.2, 0.25) is 0 Å². The quantitative estimate of drug-likeness (QED) is 0.781. The Kier molecular flexibility index (Phi) is 3.61. The zero-order valence-electron chi connectivity index (χ0n) is 13.4. The summed E-state index contributed by atoms with van der Waals surface area (Å²) in [4.78, 5) is 42.3. The number of rotatable bonds is 3. The number of fused-ring (bicyclic) bond motifs is 1. The van der Waals surface area contributed by atoms with E-state index >= 15 is 0 Å². The lowest BCUT2D eigenvalue weighted by molar-refractivity contribution is -0.175. The standard InChI is InChI=1S/C17H15N3O5/c1-19-9-10(8-18-19)14-13(6-7-24-14)17(23)25-20-15(21)11-4-2-3-5-12(11)16(20)22/h2-5,8-9,13-14H,6-7H2,1H3/t13-,14+/m1/s1. The van der Waals surface area contributed by atoms with Crippen molar-refractivity contribution >= 4 is 17.8 Å². The Balaban J connectivity index is 1.53. The van der Waals surface area contributed by atoms with Crippen molar-refractivity contribution in [1.29, 1.82) is 0 Å². The molecule has 0 radical (unpaired) electrons. The van der Waals surface area contributed by atoms with E-state index in [0.29, 0.717) is 18.1 Å². The molecule has 128 valence electrons. The Morgan fingerprint density at radius 1 is 1.24 bits per heavy atom. The second-order valence-corrected chi connectivity index (χ2v) is 5.99. The first-order valence-corrected chi connectivity index (χ1v) is 7.86. The van der Waals surface area contributed by atoms with Gasteiger partial charge in [0.25, 0.3) is 11.8 Å². The average Bonchev–Trinajstić information content (AvgIpc) is 3.31. The van der Waals surface area contributed by atoms with E-state index in [2.05, 4.69) is 5.10 Å². The van der Waals surface area contributed by atoms with Gasteiger partial charge in [-0.2, -0.15) is 5.10 Å². The van der Waals surface area contributed by atoms with Crippen LogP contribution in [0.3, 0.4) is 0 Å². The van der Waals surface area contributed by atoms with E-state index in [4.69, 9.17) is 9.57 Å². The first-order chi connectivity index (χ1) is 12.1. The maximum absolute atomic E-state index is 12.6. The highest BCUT2D eigenvalue weighted by Crippen LogP contribution is 2.36. The molecular formula is C17H15N3O5. The molecule has 0 N–H and O–H groups in total. The molecule has 1 aromatic heterocycles. The number of carbonyl (C=O) groups is 3. The molecule has 8 heteroatoms. The fourth-order valence-corrected chi connectivity index (χ4v) is 3.15. The fraction of sp³-hybridized carbons (Fsp3) is 0.294. The Bertz CT molecular complexity index is 840. The monoisotopic (exact) mass is 341 g/mol. The maximum atomic E-state index is 12.6. The van der Waals surface area contributed by atoms with Crippen LogP contribution in [0.15, 0.2) is 36.7 Å². The van der Waals surface area contributed by atoms with Gasteiger partial charge in [-0.3, -0.25) is 14.3 Å². The average molecular weight is 341 g/mol. The molecule has 8 nitrogen and oxygen atoms in total. The smallest absolute Gasteiger partial charge is 0.339 e. The summed E-state index contributed by atoms with van der Waals surface area (Å²) in [5, 5.41) is 4.61. The van der Waals surface area contributed by atoms with Gasteiger partial charge < -0.3 is 9.57 Å². The highest BCUT2D eigenvalue weighted by molar-refractivity contribution is 6.20. The lowest BCUT2D eigenvalue weighted by Gasteiger charge is -2.19. The summed E-state index contributed by atoms with van der Waals surface area (Å²) in [5.41, 5.74) is 1.21. The summed E-state index contributed by atoms with van der Waals surface area (Å²) in [6, 6.07) is 6.36. The molecule has 0 aliphatic carbocycles. The second-order valence-electron chi connectivity index (χ2n) is 5.99. The number of hydrogen-bond donors (Lipinski definition) is 0. The molecular weight excluding hydrogens is 326 g/mol. The number of hydrogen-bond acceptors (Lipinski definition) is 6. The number of ether oxygens (including phenoxy) is 1. The Morgan fingerprint density at radius 3 is 2.52 bits per heavy atom. The molecule has 0 spiro atoms. The fourth-order valence-electron chi connectivity index (χ4n) is 3.15. The largest absolute Gasteiger partial charge is 0.372 e. The van der Waals surface area contributed by atoms with Crippen molar-refractivity contribution in [3.8, 4) is 0 Å². The predicted octanol–water partition coefficient (Wildman–Crippen LogP) is 1.25. The molecule has 2 aliphatic rings. The third-order valence-electron chi connectivity index (χ3n) is 4.39. The Morgan fingerprint density at radius 2 is 1.92 bits per heavy atom. The Labute approximate surface area is 142 Å². The van der Waals surface area contributed by atoms with E-state index in [9.17, 15) is 14.4 Å².